The van der Waals surface area contributed by atoms with Crippen LogP contribution in [0.5, 0.6) is 0 Å². The molecule has 1 nitrogen and oxygen atoms in total. The van der Waals surface area contributed by atoms with Crippen molar-refractivity contribution in [2.24, 2.45) is 0 Å². The van der Waals surface area contributed by atoms with Gasteiger partial charge in [-0.15, -0.1) is 9.24 Å². The largest absolute Gasteiger partial charge is 0.303 e. The summed E-state index contributed by atoms with van der Waals surface area (Å²) in [6, 6.07) is 10.4. The first kappa shape index (κ1) is 21.2. The van der Waals surface area contributed by atoms with Gasteiger partial charge in [-0.2, -0.15) is 11.8 Å². The van der Waals surface area contributed by atoms with E-state index < -0.39 is 0 Å². The van der Waals surface area contributed by atoms with E-state index in [4.69, 9.17) is 0 Å². The van der Waals surface area contributed by atoms with Gasteiger partial charge in [-0.25, -0.2) is 0 Å². The molecule has 0 saturated heterocycles. The van der Waals surface area contributed by atoms with Crippen molar-refractivity contribution in [3.63, 3.8) is 0 Å². The number of hydrogen-bond acceptors (Lipinski definition) is 2. The van der Waals surface area contributed by atoms with Crippen LogP contribution in [0.25, 0.3) is 0 Å². The van der Waals surface area contributed by atoms with Crippen molar-refractivity contribution in [3.05, 3.63) is 72.4 Å². The third-order valence-corrected chi connectivity index (χ3v) is 4.38. The predicted octanol–water partition coefficient (Wildman–Crippen LogP) is 5.60. The van der Waals surface area contributed by atoms with E-state index in [-0.39, 0.29) is 5.78 Å². The van der Waals surface area contributed by atoms with Gasteiger partial charge >= 0.3 is 0 Å². The molecule has 0 fully saturated rings. The first-order valence-electron chi connectivity index (χ1n) is 7.55. The van der Waals surface area contributed by atoms with Crippen molar-refractivity contribution < 1.29 is 0 Å². The first-order chi connectivity index (χ1) is 10.5. The lowest BCUT2D eigenvalue weighted by Gasteiger charge is -2.13. The lowest BCUT2D eigenvalue weighted by atomic mass is 10.2. The maximum atomic E-state index is 4.00. The maximum Gasteiger partial charge on any atom is 0.0466 e. The number of allylic oxidation sites excluding steroid dienone is 3. The summed E-state index contributed by atoms with van der Waals surface area (Å²) in [7, 11) is 2.81. The quantitative estimate of drug-likeness (QED) is 0.514. The van der Waals surface area contributed by atoms with Crippen LogP contribution in [0.3, 0.4) is 0 Å². The smallest absolute Gasteiger partial charge is 0.0466 e. The van der Waals surface area contributed by atoms with Crippen molar-refractivity contribution in [3.8, 4) is 0 Å². The molecule has 0 amide bonds. The van der Waals surface area contributed by atoms with Gasteiger partial charge in [0.05, 0.1) is 0 Å². The molecule has 2 atom stereocenters. The highest BCUT2D eigenvalue weighted by atomic mass is 32.2. The molecule has 1 aromatic carbocycles. The van der Waals surface area contributed by atoms with Crippen molar-refractivity contribution in [2.75, 3.05) is 12.8 Å². The molecule has 0 aromatic heterocycles. The molecule has 122 valence electrons. The van der Waals surface area contributed by atoms with Crippen molar-refractivity contribution in [1.82, 2.24) is 5.32 Å². The van der Waals surface area contributed by atoms with Gasteiger partial charge < -0.3 is 5.32 Å². The molecule has 2 unspecified atom stereocenters. The van der Waals surface area contributed by atoms with Gasteiger partial charge in [-0.1, -0.05) is 75.1 Å². The van der Waals surface area contributed by atoms with Crippen LogP contribution < -0.4 is 5.32 Å². The molecule has 0 aliphatic heterocycles. The molecule has 0 bridgehead atoms. The van der Waals surface area contributed by atoms with E-state index in [2.05, 4.69) is 65.5 Å². The monoisotopic (exact) mass is 335 g/mol. The SMILES string of the molecule is C=C(/C=C\C=C/C)CNC(P)c1ccccc1.CSC(C)C. The Labute approximate surface area is 143 Å². The van der Waals surface area contributed by atoms with Gasteiger partial charge in [0.1, 0.15) is 0 Å². The van der Waals surface area contributed by atoms with Crippen molar-refractivity contribution in [1.29, 1.82) is 0 Å². The van der Waals surface area contributed by atoms with Gasteiger partial charge in [0.2, 0.25) is 0 Å². The van der Waals surface area contributed by atoms with Crippen LogP contribution in [-0.2, 0) is 0 Å². The summed E-state index contributed by atoms with van der Waals surface area (Å²) in [4.78, 5) is 0. The van der Waals surface area contributed by atoms with Gasteiger partial charge in [0, 0.05) is 12.3 Å². The molecule has 0 spiro atoms. The zero-order valence-electron chi connectivity index (χ0n) is 14.3. The lowest BCUT2D eigenvalue weighted by Crippen LogP contribution is -2.18. The fraction of sp³-hybridized carbons (Fsp3) is 0.368. The van der Waals surface area contributed by atoms with E-state index >= 15 is 0 Å². The average Bonchev–Trinajstić information content (AvgIpc) is 2.54. The van der Waals surface area contributed by atoms with Crippen molar-refractivity contribution in [2.45, 2.75) is 31.8 Å². The molecule has 22 heavy (non-hydrogen) atoms. The van der Waals surface area contributed by atoms with Gasteiger partial charge in [0.15, 0.2) is 0 Å². The Balaban J connectivity index is 0.000000763. The Hall–Kier alpha value is -0.820. The highest BCUT2D eigenvalue weighted by Crippen LogP contribution is 2.19. The fourth-order valence-corrected chi connectivity index (χ4v) is 1.72. The number of hydrogen-bond donors (Lipinski definition) is 1. The van der Waals surface area contributed by atoms with Gasteiger partial charge in [-0.3, -0.25) is 0 Å². The summed E-state index contributed by atoms with van der Waals surface area (Å²) in [5.41, 5.74) is 2.34. The van der Waals surface area contributed by atoms with E-state index in [1.807, 2.05) is 49.1 Å². The highest BCUT2D eigenvalue weighted by Gasteiger charge is 2.02. The lowest BCUT2D eigenvalue weighted by molar-refractivity contribution is 0.730. The average molecular weight is 335 g/mol. The predicted molar refractivity (Wildman–Crippen MR) is 109 cm³/mol. The minimum absolute atomic E-state index is 0.267. The minimum Gasteiger partial charge on any atom is -0.303 e. The van der Waals surface area contributed by atoms with E-state index in [9.17, 15) is 0 Å². The van der Waals surface area contributed by atoms with Crippen LogP contribution in [0, 0.1) is 0 Å². The van der Waals surface area contributed by atoms with Crippen LogP contribution in [0.1, 0.15) is 32.1 Å². The van der Waals surface area contributed by atoms with E-state index in [0.29, 0.717) is 0 Å². The highest BCUT2D eigenvalue weighted by molar-refractivity contribution is 7.99. The first-order valence-corrected chi connectivity index (χ1v) is 9.50. The zero-order chi connectivity index (χ0) is 16.8. The number of benzene rings is 1. The Morgan fingerprint density at radius 1 is 1.27 bits per heavy atom. The Kier molecular flexibility index (Phi) is 13.3. The second kappa shape index (κ2) is 13.8. The minimum atomic E-state index is 0.267. The summed E-state index contributed by atoms with van der Waals surface area (Å²) < 4.78 is 0. The molecule has 1 aromatic rings. The molecule has 0 radical (unpaired) electrons. The molecule has 0 aliphatic rings. The van der Waals surface area contributed by atoms with Crippen LogP contribution in [-0.4, -0.2) is 18.1 Å². The number of nitrogens with one attached hydrogen (secondary N) is 1. The Morgan fingerprint density at radius 2 is 1.86 bits per heavy atom. The third-order valence-electron chi connectivity index (χ3n) is 2.81. The van der Waals surface area contributed by atoms with Crippen molar-refractivity contribution >= 4 is 21.0 Å². The van der Waals surface area contributed by atoms with Crippen LogP contribution in [0.15, 0.2) is 66.8 Å². The Bertz CT molecular complexity index is 452. The summed E-state index contributed by atoms with van der Waals surface area (Å²) in [6.07, 6.45) is 10.1. The fourth-order valence-electron chi connectivity index (χ4n) is 1.38. The summed E-state index contributed by atoms with van der Waals surface area (Å²) in [6.45, 7) is 11.2. The normalized spacial score (nSPS) is 12.5. The van der Waals surface area contributed by atoms with Crippen LogP contribution in [0.4, 0.5) is 0 Å². The number of rotatable bonds is 7. The molecule has 0 aliphatic carbocycles. The molecular formula is C19H30NPS. The third kappa shape index (κ3) is 11.8. The van der Waals surface area contributed by atoms with Crippen LogP contribution >= 0.6 is 21.0 Å². The molecule has 1 rings (SSSR count). The summed E-state index contributed by atoms with van der Waals surface area (Å²) >= 11 is 1.88. The molecule has 3 heteroatoms. The van der Waals surface area contributed by atoms with Crippen LogP contribution in [0.2, 0.25) is 0 Å². The molecule has 0 saturated carbocycles. The summed E-state index contributed by atoms with van der Waals surface area (Å²) in [5, 5.41) is 4.21. The second-order valence-corrected chi connectivity index (χ2v) is 7.18. The van der Waals surface area contributed by atoms with E-state index in [1.54, 1.807) is 0 Å². The molecule has 1 N–H and O–H groups in total. The Morgan fingerprint density at radius 3 is 2.36 bits per heavy atom. The molecule has 0 heterocycles. The van der Waals surface area contributed by atoms with Gasteiger partial charge in [-0.05, 0) is 29.6 Å². The number of thioether (sulfide) groups is 1. The second-order valence-electron chi connectivity index (χ2n) is 5.10. The topological polar surface area (TPSA) is 12.0 Å². The van der Waals surface area contributed by atoms with Gasteiger partial charge in [0.25, 0.3) is 0 Å². The zero-order valence-corrected chi connectivity index (χ0v) is 16.2. The standard InChI is InChI=1S/C15H20NP.C4H10S/c1-3-4-6-9-13(2)12-16-15(17)14-10-7-5-8-11-14;1-4(2)5-3/h3-11,15-16H,2,12,17H2,1H3;4H,1-3H3/b4-3-,9-6-;. The molecular weight excluding hydrogens is 305 g/mol. The van der Waals surface area contributed by atoms with E-state index in [0.717, 1.165) is 17.4 Å². The maximum absolute atomic E-state index is 4.00. The van der Waals surface area contributed by atoms with E-state index in [1.165, 1.54) is 5.56 Å². The summed E-state index contributed by atoms with van der Waals surface area (Å²) in [5.74, 6) is 0.267.